The number of benzene rings is 1. The van der Waals surface area contributed by atoms with Gasteiger partial charge in [0.2, 0.25) is 0 Å². The topological polar surface area (TPSA) is 86.8 Å². The predicted octanol–water partition coefficient (Wildman–Crippen LogP) is 4.10. The molecule has 0 aliphatic carbocycles. The molecule has 0 aliphatic rings. The molecule has 5 rings (SSSR count). The first-order valence-corrected chi connectivity index (χ1v) is 9.19. The standard InChI is InChI=1S/C22H18N6O/c1-28(2)22(29)13-4-3-5-14(10-13)25-21-15-6-8-23-11-16(15)19-20(27-21)17-12-24-9-7-18(17)26-19/h3-12,26H,1-2H3,(H,25,27). The van der Waals surface area contributed by atoms with Crippen molar-refractivity contribution in [2.75, 3.05) is 19.4 Å². The molecule has 1 amide bonds. The minimum Gasteiger partial charge on any atom is -0.353 e. The van der Waals surface area contributed by atoms with E-state index in [1.165, 1.54) is 0 Å². The highest BCUT2D eigenvalue weighted by Gasteiger charge is 2.14. The SMILES string of the molecule is CN(C)C(=O)c1cccc(Nc2nc3c4cnccc4[nH]c3c3cnccc23)c1. The fourth-order valence-corrected chi connectivity index (χ4v) is 3.52. The number of carbonyl (C=O) groups is 1. The molecular formula is C22H18N6O. The maximum absolute atomic E-state index is 12.3. The third-order valence-electron chi connectivity index (χ3n) is 4.92. The van der Waals surface area contributed by atoms with Crippen LogP contribution in [0, 0.1) is 0 Å². The van der Waals surface area contributed by atoms with Crippen molar-refractivity contribution in [1.82, 2.24) is 24.8 Å². The van der Waals surface area contributed by atoms with E-state index in [2.05, 4.69) is 20.3 Å². The van der Waals surface area contributed by atoms with Gasteiger partial charge in [-0.25, -0.2) is 4.98 Å². The first kappa shape index (κ1) is 17.1. The zero-order valence-corrected chi connectivity index (χ0v) is 16.0. The van der Waals surface area contributed by atoms with Crippen LogP contribution in [0.2, 0.25) is 0 Å². The molecular weight excluding hydrogens is 364 g/mol. The summed E-state index contributed by atoms with van der Waals surface area (Å²) in [5, 5.41) is 6.25. The van der Waals surface area contributed by atoms with Crippen LogP contribution in [0.4, 0.5) is 11.5 Å². The number of amides is 1. The van der Waals surface area contributed by atoms with E-state index < -0.39 is 0 Å². The molecule has 29 heavy (non-hydrogen) atoms. The molecule has 0 spiro atoms. The zero-order valence-electron chi connectivity index (χ0n) is 16.0. The number of carbonyl (C=O) groups excluding carboxylic acids is 1. The van der Waals surface area contributed by atoms with Crippen molar-refractivity contribution in [3.05, 3.63) is 66.7 Å². The Kier molecular flexibility index (Phi) is 3.87. The van der Waals surface area contributed by atoms with Crippen LogP contribution in [-0.2, 0) is 0 Å². The number of aromatic amines is 1. The van der Waals surface area contributed by atoms with Gasteiger partial charge in [-0.2, -0.15) is 0 Å². The lowest BCUT2D eigenvalue weighted by molar-refractivity contribution is 0.0827. The van der Waals surface area contributed by atoms with Gasteiger partial charge in [-0.05, 0) is 30.3 Å². The first-order chi connectivity index (χ1) is 14.1. The lowest BCUT2D eigenvalue weighted by Crippen LogP contribution is -2.21. The van der Waals surface area contributed by atoms with Gasteiger partial charge in [0.05, 0.1) is 11.0 Å². The lowest BCUT2D eigenvalue weighted by atomic mass is 10.1. The number of anilines is 2. The second-order valence-electron chi connectivity index (χ2n) is 7.06. The van der Waals surface area contributed by atoms with Crippen molar-refractivity contribution in [3.8, 4) is 0 Å². The van der Waals surface area contributed by atoms with Crippen molar-refractivity contribution in [3.63, 3.8) is 0 Å². The summed E-state index contributed by atoms with van der Waals surface area (Å²) in [7, 11) is 3.48. The minimum atomic E-state index is -0.0474. The summed E-state index contributed by atoms with van der Waals surface area (Å²) in [5.74, 6) is 0.655. The maximum Gasteiger partial charge on any atom is 0.253 e. The Labute approximate surface area is 166 Å². The van der Waals surface area contributed by atoms with E-state index in [0.29, 0.717) is 11.4 Å². The summed E-state index contributed by atoms with van der Waals surface area (Å²) < 4.78 is 0. The number of aromatic nitrogens is 4. The van der Waals surface area contributed by atoms with Crippen LogP contribution in [0.15, 0.2) is 61.2 Å². The van der Waals surface area contributed by atoms with Gasteiger partial charge in [0.15, 0.2) is 0 Å². The monoisotopic (exact) mass is 382 g/mol. The summed E-state index contributed by atoms with van der Waals surface area (Å²) in [5.41, 5.74) is 4.14. The van der Waals surface area contributed by atoms with Gasteiger partial charge in [-0.15, -0.1) is 0 Å². The van der Waals surface area contributed by atoms with E-state index in [1.807, 2.05) is 42.7 Å². The largest absolute Gasteiger partial charge is 0.353 e. The Balaban J connectivity index is 1.69. The van der Waals surface area contributed by atoms with E-state index in [0.717, 1.165) is 38.4 Å². The number of hydrogen-bond acceptors (Lipinski definition) is 5. The van der Waals surface area contributed by atoms with Gasteiger partial charge in [0.25, 0.3) is 5.91 Å². The Morgan fingerprint density at radius 3 is 2.62 bits per heavy atom. The number of H-pyrrole nitrogens is 1. The lowest BCUT2D eigenvalue weighted by Gasteiger charge is -2.13. The number of nitrogens with zero attached hydrogens (tertiary/aromatic N) is 4. The summed E-state index contributed by atoms with van der Waals surface area (Å²) in [6, 6.07) is 11.3. The van der Waals surface area contributed by atoms with Crippen molar-refractivity contribution in [2.24, 2.45) is 0 Å². The van der Waals surface area contributed by atoms with Crippen LogP contribution in [0.1, 0.15) is 10.4 Å². The van der Waals surface area contributed by atoms with E-state index in [-0.39, 0.29) is 5.91 Å². The Hall–Kier alpha value is -4.00. The molecule has 2 N–H and O–H groups in total. The van der Waals surface area contributed by atoms with Gasteiger partial charge in [-0.1, -0.05) is 6.07 Å². The maximum atomic E-state index is 12.3. The quantitative estimate of drug-likeness (QED) is 0.490. The molecule has 0 saturated carbocycles. The Bertz CT molecular complexity index is 1390. The van der Waals surface area contributed by atoms with Gasteiger partial charge in [-0.3, -0.25) is 14.8 Å². The van der Waals surface area contributed by atoms with Crippen molar-refractivity contribution in [1.29, 1.82) is 0 Å². The number of pyridine rings is 3. The molecule has 0 unspecified atom stereocenters. The first-order valence-electron chi connectivity index (χ1n) is 9.19. The molecule has 7 heteroatoms. The zero-order chi connectivity index (χ0) is 20.0. The molecule has 7 nitrogen and oxygen atoms in total. The molecule has 1 aromatic carbocycles. The number of fused-ring (bicyclic) bond motifs is 5. The van der Waals surface area contributed by atoms with Gasteiger partial charge < -0.3 is 15.2 Å². The van der Waals surface area contributed by atoms with E-state index in [4.69, 9.17) is 4.98 Å². The molecule has 4 heterocycles. The summed E-state index contributed by atoms with van der Waals surface area (Å²) in [4.78, 5) is 30.7. The Morgan fingerprint density at radius 2 is 1.79 bits per heavy atom. The average Bonchev–Trinajstić information content (AvgIpc) is 3.12. The molecule has 0 fully saturated rings. The normalized spacial score (nSPS) is 11.2. The molecule has 0 saturated heterocycles. The van der Waals surface area contributed by atoms with Crippen LogP contribution in [0.5, 0.6) is 0 Å². The highest BCUT2D eigenvalue weighted by Crippen LogP contribution is 2.33. The molecule has 142 valence electrons. The molecule has 0 bridgehead atoms. The van der Waals surface area contributed by atoms with Crippen molar-refractivity contribution < 1.29 is 4.79 Å². The fourth-order valence-electron chi connectivity index (χ4n) is 3.52. The average molecular weight is 382 g/mol. The molecule has 4 aromatic heterocycles. The third kappa shape index (κ3) is 2.84. The second-order valence-corrected chi connectivity index (χ2v) is 7.06. The van der Waals surface area contributed by atoms with Gasteiger partial charge in [0.1, 0.15) is 11.3 Å². The summed E-state index contributed by atoms with van der Waals surface area (Å²) in [6.07, 6.45) is 7.14. The van der Waals surface area contributed by atoms with Crippen molar-refractivity contribution in [2.45, 2.75) is 0 Å². The summed E-state index contributed by atoms with van der Waals surface area (Å²) in [6.45, 7) is 0. The molecule has 0 atom stereocenters. The Morgan fingerprint density at radius 1 is 1.00 bits per heavy atom. The summed E-state index contributed by atoms with van der Waals surface area (Å²) >= 11 is 0. The highest BCUT2D eigenvalue weighted by atomic mass is 16.2. The molecule has 0 aliphatic heterocycles. The predicted molar refractivity (Wildman–Crippen MR) is 114 cm³/mol. The van der Waals surface area contributed by atoms with Crippen LogP contribution in [0.3, 0.4) is 0 Å². The van der Waals surface area contributed by atoms with Crippen LogP contribution in [-0.4, -0.2) is 44.8 Å². The van der Waals surface area contributed by atoms with E-state index >= 15 is 0 Å². The minimum absolute atomic E-state index is 0.0474. The van der Waals surface area contributed by atoms with Crippen LogP contribution < -0.4 is 5.32 Å². The number of hydrogen-bond donors (Lipinski definition) is 2. The van der Waals surface area contributed by atoms with Crippen molar-refractivity contribution >= 4 is 50.1 Å². The number of nitrogens with one attached hydrogen (secondary N) is 2. The molecule has 5 aromatic rings. The third-order valence-corrected chi connectivity index (χ3v) is 4.92. The van der Waals surface area contributed by atoms with E-state index in [1.54, 1.807) is 37.5 Å². The highest BCUT2D eigenvalue weighted by molar-refractivity contribution is 6.17. The van der Waals surface area contributed by atoms with Gasteiger partial charge >= 0.3 is 0 Å². The van der Waals surface area contributed by atoms with E-state index in [9.17, 15) is 4.79 Å². The molecule has 0 radical (unpaired) electrons. The van der Waals surface area contributed by atoms with Crippen LogP contribution >= 0.6 is 0 Å². The van der Waals surface area contributed by atoms with Gasteiger partial charge in [0, 0.05) is 66.3 Å². The number of rotatable bonds is 3. The fraction of sp³-hybridized carbons (Fsp3) is 0.0909. The van der Waals surface area contributed by atoms with Crippen LogP contribution in [0.25, 0.3) is 32.7 Å². The second kappa shape index (κ2) is 6.56. The smallest absolute Gasteiger partial charge is 0.253 e.